The summed E-state index contributed by atoms with van der Waals surface area (Å²) < 4.78 is 10.1. The lowest BCUT2D eigenvalue weighted by Gasteiger charge is -2.15. The number of aliphatic hydroxyl groups is 1. The highest BCUT2D eigenvalue weighted by atomic mass is 16.5. The summed E-state index contributed by atoms with van der Waals surface area (Å²) in [4.78, 5) is 24.1. The van der Waals surface area contributed by atoms with Crippen LogP contribution in [0, 0.1) is 0 Å². The Balaban J connectivity index is 1.92. The highest BCUT2D eigenvalue weighted by Crippen LogP contribution is 2.11. The summed E-state index contributed by atoms with van der Waals surface area (Å²) in [6, 6.07) is 14.4. The van der Waals surface area contributed by atoms with Crippen molar-refractivity contribution >= 4 is 11.9 Å². The van der Waals surface area contributed by atoms with Crippen LogP contribution in [0.3, 0.4) is 0 Å². The molecule has 0 radical (unpaired) electrons. The van der Waals surface area contributed by atoms with E-state index in [1.165, 1.54) is 7.11 Å². The standard InChI is InChI=1S/C18H19NO5/c1-23-15-9-7-14(8-10-15)17(21)19-16(11-20)18(22)24-12-13-5-3-2-4-6-13/h2-10,16,20H,11-12H2,1H3,(H,19,21)/t16-/m0/s1. The molecule has 6 heteroatoms. The number of hydrogen-bond donors (Lipinski definition) is 2. The summed E-state index contributed by atoms with van der Waals surface area (Å²) in [5.74, 6) is -0.552. The van der Waals surface area contributed by atoms with Gasteiger partial charge in [-0.15, -0.1) is 0 Å². The Morgan fingerprint density at radius 3 is 2.33 bits per heavy atom. The number of benzene rings is 2. The van der Waals surface area contributed by atoms with Gasteiger partial charge in [-0.25, -0.2) is 4.79 Å². The lowest BCUT2D eigenvalue weighted by atomic mass is 10.2. The van der Waals surface area contributed by atoms with Gasteiger partial charge in [0.1, 0.15) is 12.4 Å². The molecule has 0 aliphatic heterocycles. The molecular weight excluding hydrogens is 310 g/mol. The van der Waals surface area contributed by atoms with Crippen LogP contribution < -0.4 is 10.1 Å². The first-order valence-electron chi connectivity index (χ1n) is 7.40. The zero-order valence-electron chi connectivity index (χ0n) is 13.3. The van der Waals surface area contributed by atoms with E-state index in [0.717, 1.165) is 5.56 Å². The Morgan fingerprint density at radius 1 is 1.08 bits per heavy atom. The summed E-state index contributed by atoms with van der Waals surface area (Å²) >= 11 is 0. The van der Waals surface area contributed by atoms with E-state index < -0.39 is 24.5 Å². The summed E-state index contributed by atoms with van der Waals surface area (Å²) in [5, 5.41) is 11.8. The number of carbonyl (C=O) groups excluding carboxylic acids is 2. The van der Waals surface area contributed by atoms with Gasteiger partial charge in [-0.2, -0.15) is 0 Å². The van der Waals surface area contributed by atoms with Crippen LogP contribution in [0.2, 0.25) is 0 Å². The molecule has 0 aromatic heterocycles. The second-order valence-corrected chi connectivity index (χ2v) is 5.03. The highest BCUT2D eigenvalue weighted by Gasteiger charge is 2.22. The summed E-state index contributed by atoms with van der Waals surface area (Å²) in [7, 11) is 1.53. The van der Waals surface area contributed by atoms with Crippen LogP contribution in [0.4, 0.5) is 0 Å². The van der Waals surface area contributed by atoms with Crippen molar-refractivity contribution in [1.29, 1.82) is 0 Å². The van der Waals surface area contributed by atoms with E-state index in [2.05, 4.69) is 5.32 Å². The van der Waals surface area contributed by atoms with Gasteiger partial charge in [-0.1, -0.05) is 30.3 Å². The zero-order chi connectivity index (χ0) is 17.4. The van der Waals surface area contributed by atoms with Crippen molar-refractivity contribution in [1.82, 2.24) is 5.32 Å². The predicted octanol–water partition coefficient (Wildman–Crippen LogP) is 1.53. The molecule has 0 aliphatic rings. The number of amides is 1. The molecule has 24 heavy (non-hydrogen) atoms. The Morgan fingerprint density at radius 2 is 1.75 bits per heavy atom. The van der Waals surface area contributed by atoms with Gasteiger partial charge in [-0.05, 0) is 29.8 Å². The van der Waals surface area contributed by atoms with Gasteiger partial charge in [0.25, 0.3) is 5.91 Å². The zero-order valence-corrected chi connectivity index (χ0v) is 13.3. The summed E-state index contributed by atoms with van der Waals surface area (Å²) in [6.45, 7) is -0.468. The second kappa shape index (κ2) is 8.69. The molecule has 126 valence electrons. The summed E-state index contributed by atoms with van der Waals surface area (Å²) in [6.07, 6.45) is 0. The molecule has 1 amide bonds. The lowest BCUT2D eigenvalue weighted by Crippen LogP contribution is -2.44. The van der Waals surface area contributed by atoms with E-state index in [-0.39, 0.29) is 6.61 Å². The smallest absolute Gasteiger partial charge is 0.331 e. The Bertz CT molecular complexity index is 670. The Hall–Kier alpha value is -2.86. The van der Waals surface area contributed by atoms with Crippen molar-refractivity contribution in [3.8, 4) is 5.75 Å². The number of rotatable bonds is 7. The molecule has 2 aromatic carbocycles. The molecule has 0 heterocycles. The first kappa shape index (κ1) is 17.5. The minimum absolute atomic E-state index is 0.0780. The number of aliphatic hydroxyl groups excluding tert-OH is 1. The van der Waals surface area contributed by atoms with E-state index in [1.807, 2.05) is 30.3 Å². The predicted molar refractivity (Wildman–Crippen MR) is 87.6 cm³/mol. The average Bonchev–Trinajstić information content (AvgIpc) is 2.64. The molecule has 0 unspecified atom stereocenters. The third kappa shape index (κ3) is 4.82. The molecule has 2 rings (SSSR count). The van der Waals surface area contributed by atoms with Gasteiger partial charge in [-0.3, -0.25) is 4.79 Å². The van der Waals surface area contributed by atoms with Gasteiger partial charge in [0.15, 0.2) is 6.04 Å². The summed E-state index contributed by atoms with van der Waals surface area (Å²) in [5.41, 5.74) is 1.18. The van der Waals surface area contributed by atoms with Gasteiger partial charge >= 0.3 is 5.97 Å². The fraction of sp³-hybridized carbons (Fsp3) is 0.222. The van der Waals surface area contributed by atoms with Gasteiger partial charge in [0, 0.05) is 5.56 Å². The van der Waals surface area contributed by atoms with Crippen molar-refractivity contribution in [3.05, 3.63) is 65.7 Å². The second-order valence-electron chi connectivity index (χ2n) is 5.03. The monoisotopic (exact) mass is 329 g/mol. The van der Waals surface area contributed by atoms with Gasteiger partial charge in [0.05, 0.1) is 13.7 Å². The maximum absolute atomic E-state index is 12.1. The SMILES string of the molecule is COc1ccc(C(=O)N[C@@H](CO)C(=O)OCc2ccccc2)cc1. The highest BCUT2D eigenvalue weighted by molar-refractivity contribution is 5.96. The van der Waals surface area contributed by atoms with Crippen LogP contribution in [-0.2, 0) is 16.1 Å². The quantitative estimate of drug-likeness (QED) is 0.753. The number of hydrogen-bond acceptors (Lipinski definition) is 5. The first-order valence-corrected chi connectivity index (χ1v) is 7.40. The third-order valence-electron chi connectivity index (χ3n) is 3.35. The first-order chi connectivity index (χ1) is 11.6. The van der Waals surface area contributed by atoms with Crippen molar-refractivity contribution in [2.24, 2.45) is 0 Å². The molecule has 0 fully saturated rings. The number of nitrogens with one attached hydrogen (secondary N) is 1. The largest absolute Gasteiger partial charge is 0.497 e. The van der Waals surface area contributed by atoms with Gasteiger partial charge in [0.2, 0.25) is 0 Å². The van der Waals surface area contributed by atoms with E-state index in [0.29, 0.717) is 11.3 Å². The Labute approximate surface area is 140 Å². The number of carbonyl (C=O) groups is 2. The molecule has 1 atom stereocenters. The molecule has 6 nitrogen and oxygen atoms in total. The maximum Gasteiger partial charge on any atom is 0.331 e. The van der Waals surface area contributed by atoms with E-state index >= 15 is 0 Å². The molecule has 0 spiro atoms. The number of esters is 1. The minimum atomic E-state index is -1.12. The average molecular weight is 329 g/mol. The van der Waals surface area contributed by atoms with E-state index in [1.54, 1.807) is 24.3 Å². The van der Waals surface area contributed by atoms with E-state index in [9.17, 15) is 14.7 Å². The number of methoxy groups -OCH3 is 1. The van der Waals surface area contributed by atoms with Crippen LogP contribution in [0.25, 0.3) is 0 Å². The molecule has 0 saturated heterocycles. The molecular formula is C18H19NO5. The topological polar surface area (TPSA) is 84.9 Å². The normalized spacial score (nSPS) is 11.4. The molecule has 0 bridgehead atoms. The van der Waals surface area contributed by atoms with Crippen molar-refractivity contribution < 1.29 is 24.2 Å². The van der Waals surface area contributed by atoms with Crippen LogP contribution in [0.1, 0.15) is 15.9 Å². The number of ether oxygens (including phenoxy) is 2. The van der Waals surface area contributed by atoms with E-state index in [4.69, 9.17) is 9.47 Å². The Kier molecular flexibility index (Phi) is 6.33. The van der Waals surface area contributed by atoms with Gasteiger partial charge < -0.3 is 19.9 Å². The fourth-order valence-corrected chi connectivity index (χ4v) is 1.99. The van der Waals surface area contributed by atoms with Crippen molar-refractivity contribution in [2.75, 3.05) is 13.7 Å². The maximum atomic E-state index is 12.1. The molecule has 0 aliphatic carbocycles. The third-order valence-corrected chi connectivity index (χ3v) is 3.35. The fourth-order valence-electron chi connectivity index (χ4n) is 1.99. The lowest BCUT2D eigenvalue weighted by molar-refractivity contribution is -0.148. The van der Waals surface area contributed by atoms with Crippen molar-refractivity contribution in [3.63, 3.8) is 0 Å². The van der Waals surface area contributed by atoms with Crippen LogP contribution >= 0.6 is 0 Å². The molecule has 2 aromatic rings. The molecule has 2 N–H and O–H groups in total. The molecule has 0 saturated carbocycles. The van der Waals surface area contributed by atoms with Crippen molar-refractivity contribution in [2.45, 2.75) is 12.6 Å². The van der Waals surface area contributed by atoms with Crippen LogP contribution in [0.15, 0.2) is 54.6 Å². The van der Waals surface area contributed by atoms with Crippen LogP contribution in [0.5, 0.6) is 5.75 Å². The van der Waals surface area contributed by atoms with Crippen LogP contribution in [-0.4, -0.2) is 36.7 Å². The minimum Gasteiger partial charge on any atom is -0.497 e.